The van der Waals surface area contributed by atoms with E-state index < -0.39 is 5.92 Å². The molecule has 1 unspecified atom stereocenters. The molecular weight excluding hydrogens is 292 g/mol. The number of hydrogen-bond acceptors (Lipinski definition) is 4. The predicted molar refractivity (Wildman–Crippen MR) is 89.1 cm³/mol. The van der Waals surface area contributed by atoms with E-state index in [9.17, 15) is 9.59 Å². The summed E-state index contributed by atoms with van der Waals surface area (Å²) in [5.74, 6) is -0.664. The number of fused-ring (bicyclic) bond motifs is 1. The molecule has 0 spiro atoms. The molecular formula is C18H22N2O3. The molecule has 23 heavy (non-hydrogen) atoms. The monoisotopic (exact) mass is 314 g/mol. The first-order valence-electron chi connectivity index (χ1n) is 7.70. The molecule has 0 fully saturated rings. The first kappa shape index (κ1) is 16.9. The molecule has 2 rings (SSSR count). The van der Waals surface area contributed by atoms with Gasteiger partial charge < -0.3 is 4.74 Å². The molecule has 122 valence electrons. The molecule has 0 saturated heterocycles. The number of nitrogens with zero attached hydrogens (tertiary/aromatic N) is 2. The predicted octanol–water partition coefficient (Wildman–Crippen LogP) is 3.24. The van der Waals surface area contributed by atoms with Crippen LogP contribution in [0.1, 0.15) is 44.4 Å². The van der Waals surface area contributed by atoms with Gasteiger partial charge >= 0.3 is 5.97 Å². The highest BCUT2D eigenvalue weighted by Crippen LogP contribution is 2.24. The van der Waals surface area contributed by atoms with Crippen LogP contribution in [0.3, 0.4) is 0 Å². The molecule has 0 aromatic carbocycles. The minimum absolute atomic E-state index is 0.104. The number of carbonyl (C=O) groups excluding carboxylic acids is 2. The van der Waals surface area contributed by atoms with Crippen LogP contribution in [-0.2, 0) is 14.3 Å². The minimum Gasteiger partial charge on any atom is -0.469 e. The van der Waals surface area contributed by atoms with Crippen LogP contribution in [0.2, 0.25) is 0 Å². The van der Waals surface area contributed by atoms with Crippen LogP contribution in [-0.4, -0.2) is 28.5 Å². The lowest BCUT2D eigenvalue weighted by molar-refractivity contribution is -0.146. The third-order valence-corrected chi connectivity index (χ3v) is 3.70. The Morgan fingerprint density at radius 1 is 1.30 bits per heavy atom. The molecule has 0 aliphatic carbocycles. The highest BCUT2D eigenvalue weighted by atomic mass is 16.5. The number of rotatable bonds is 6. The lowest BCUT2D eigenvalue weighted by Gasteiger charge is -2.06. The van der Waals surface area contributed by atoms with Crippen molar-refractivity contribution in [1.29, 1.82) is 0 Å². The standard InChI is InChI=1S/C18H22N2O3/c1-12(2)17-15(16-7-5-6-10-20(16)19-17)9-8-14(21)11-13(3)18(22)23-4/h5-10,12-13H,11H2,1-4H3/b9-8+. The van der Waals surface area contributed by atoms with Gasteiger partial charge in [0.15, 0.2) is 5.78 Å². The first-order valence-corrected chi connectivity index (χ1v) is 7.70. The summed E-state index contributed by atoms with van der Waals surface area (Å²) in [6.07, 6.45) is 5.35. The highest BCUT2D eigenvalue weighted by Gasteiger charge is 2.17. The zero-order valence-electron chi connectivity index (χ0n) is 13.9. The molecule has 0 saturated carbocycles. The number of hydrogen-bond donors (Lipinski definition) is 0. The molecule has 0 aliphatic rings. The van der Waals surface area contributed by atoms with Crippen LogP contribution >= 0.6 is 0 Å². The molecule has 0 aliphatic heterocycles. The second-order valence-electron chi connectivity index (χ2n) is 5.91. The van der Waals surface area contributed by atoms with Crippen LogP contribution in [0.15, 0.2) is 30.5 Å². The van der Waals surface area contributed by atoms with Gasteiger partial charge in [-0.3, -0.25) is 9.59 Å². The van der Waals surface area contributed by atoms with Gasteiger partial charge in [0, 0.05) is 18.2 Å². The van der Waals surface area contributed by atoms with Gasteiger partial charge in [-0.2, -0.15) is 5.10 Å². The van der Waals surface area contributed by atoms with Gasteiger partial charge in [-0.25, -0.2) is 4.52 Å². The van der Waals surface area contributed by atoms with Crippen molar-refractivity contribution >= 4 is 23.3 Å². The molecule has 5 nitrogen and oxygen atoms in total. The summed E-state index contributed by atoms with van der Waals surface area (Å²) in [5.41, 5.74) is 2.85. The van der Waals surface area contributed by atoms with Gasteiger partial charge in [0.25, 0.3) is 0 Å². The van der Waals surface area contributed by atoms with Gasteiger partial charge in [0.2, 0.25) is 0 Å². The summed E-state index contributed by atoms with van der Waals surface area (Å²) < 4.78 is 6.46. The van der Waals surface area contributed by atoms with Crippen LogP contribution in [0, 0.1) is 5.92 Å². The quantitative estimate of drug-likeness (QED) is 0.606. The zero-order valence-corrected chi connectivity index (χ0v) is 13.9. The Bertz CT molecular complexity index is 744. The molecule has 1 atom stereocenters. The lowest BCUT2D eigenvalue weighted by Crippen LogP contribution is -2.15. The number of carbonyl (C=O) groups is 2. The van der Waals surface area contributed by atoms with E-state index in [4.69, 9.17) is 0 Å². The Labute approximate surface area is 135 Å². The van der Waals surface area contributed by atoms with Crippen molar-refractivity contribution in [3.63, 3.8) is 0 Å². The van der Waals surface area contributed by atoms with E-state index in [1.807, 2.05) is 28.9 Å². The SMILES string of the molecule is COC(=O)C(C)CC(=O)/C=C/c1c(C(C)C)nn2ccccc12. The number of methoxy groups -OCH3 is 1. The lowest BCUT2D eigenvalue weighted by atomic mass is 10.0. The second kappa shape index (κ2) is 7.22. The third-order valence-electron chi connectivity index (χ3n) is 3.70. The minimum atomic E-state index is -0.439. The van der Waals surface area contributed by atoms with Crippen LogP contribution in [0.25, 0.3) is 11.6 Å². The fourth-order valence-electron chi connectivity index (χ4n) is 2.46. The maximum Gasteiger partial charge on any atom is 0.308 e. The molecule has 0 bridgehead atoms. The molecule has 2 aromatic heterocycles. The van der Waals surface area contributed by atoms with Gasteiger partial charge in [0.05, 0.1) is 24.2 Å². The largest absolute Gasteiger partial charge is 0.469 e. The van der Waals surface area contributed by atoms with Gasteiger partial charge in [-0.1, -0.05) is 26.8 Å². The Kier molecular flexibility index (Phi) is 5.32. The molecule has 0 radical (unpaired) electrons. The van der Waals surface area contributed by atoms with Crippen molar-refractivity contribution in [3.05, 3.63) is 41.7 Å². The Morgan fingerprint density at radius 2 is 2.04 bits per heavy atom. The first-order chi connectivity index (χ1) is 10.9. The summed E-state index contributed by atoms with van der Waals surface area (Å²) in [4.78, 5) is 23.5. The molecule has 0 N–H and O–H groups in total. The average molecular weight is 314 g/mol. The van der Waals surface area contributed by atoms with Crippen molar-refractivity contribution < 1.29 is 14.3 Å². The Balaban J connectivity index is 2.25. The van der Waals surface area contributed by atoms with Crippen molar-refractivity contribution in [2.24, 2.45) is 5.92 Å². The number of ether oxygens (including phenoxy) is 1. The summed E-state index contributed by atoms with van der Waals surface area (Å²) in [7, 11) is 1.33. The number of ketones is 1. The molecule has 0 amide bonds. The maximum atomic E-state index is 12.1. The molecule has 5 heteroatoms. The van der Waals surface area contributed by atoms with Crippen molar-refractivity contribution in [3.8, 4) is 0 Å². The fourth-order valence-corrected chi connectivity index (χ4v) is 2.46. The van der Waals surface area contributed by atoms with Crippen molar-refractivity contribution in [2.45, 2.75) is 33.1 Å². The van der Waals surface area contributed by atoms with E-state index in [-0.39, 0.29) is 24.1 Å². The summed E-state index contributed by atoms with van der Waals surface area (Å²) in [5, 5.41) is 4.57. The van der Waals surface area contributed by atoms with Gasteiger partial charge in [-0.15, -0.1) is 0 Å². The van der Waals surface area contributed by atoms with E-state index >= 15 is 0 Å². The molecule has 2 heterocycles. The van der Waals surface area contributed by atoms with Crippen molar-refractivity contribution in [1.82, 2.24) is 9.61 Å². The van der Waals surface area contributed by atoms with E-state index in [1.54, 1.807) is 13.0 Å². The van der Waals surface area contributed by atoms with E-state index in [2.05, 4.69) is 23.7 Å². The molecule has 2 aromatic rings. The van der Waals surface area contributed by atoms with E-state index in [0.717, 1.165) is 16.8 Å². The topological polar surface area (TPSA) is 60.7 Å². The van der Waals surface area contributed by atoms with Gasteiger partial charge in [0.1, 0.15) is 0 Å². The van der Waals surface area contributed by atoms with Gasteiger partial charge in [-0.05, 0) is 30.2 Å². The summed E-state index contributed by atoms with van der Waals surface area (Å²) in [6.45, 7) is 5.83. The zero-order chi connectivity index (χ0) is 17.0. The smallest absolute Gasteiger partial charge is 0.308 e. The van der Waals surface area contributed by atoms with Crippen LogP contribution in [0.5, 0.6) is 0 Å². The third kappa shape index (κ3) is 3.86. The van der Waals surface area contributed by atoms with E-state index in [0.29, 0.717) is 0 Å². The number of esters is 1. The number of aromatic nitrogens is 2. The maximum absolute atomic E-state index is 12.1. The van der Waals surface area contributed by atoms with Crippen LogP contribution in [0.4, 0.5) is 0 Å². The number of pyridine rings is 1. The van der Waals surface area contributed by atoms with Crippen LogP contribution < -0.4 is 0 Å². The Hall–Kier alpha value is -2.43. The summed E-state index contributed by atoms with van der Waals surface area (Å²) >= 11 is 0. The normalized spacial score (nSPS) is 12.9. The highest BCUT2D eigenvalue weighted by molar-refractivity contribution is 5.96. The fraction of sp³-hybridized carbons (Fsp3) is 0.389. The Morgan fingerprint density at radius 3 is 2.70 bits per heavy atom. The average Bonchev–Trinajstić information content (AvgIpc) is 2.91. The van der Waals surface area contributed by atoms with E-state index in [1.165, 1.54) is 13.2 Å². The number of allylic oxidation sites excluding steroid dienone is 1. The van der Waals surface area contributed by atoms with Crippen molar-refractivity contribution in [2.75, 3.05) is 7.11 Å². The summed E-state index contributed by atoms with van der Waals surface area (Å²) in [6, 6.07) is 5.83. The second-order valence-corrected chi connectivity index (χ2v) is 5.91.